The van der Waals surface area contributed by atoms with Gasteiger partial charge in [0, 0.05) is 18.9 Å². The zero-order chi connectivity index (χ0) is 14.9. The summed E-state index contributed by atoms with van der Waals surface area (Å²) in [6, 6.07) is 3.83. The Balaban J connectivity index is 2.09. The van der Waals surface area contributed by atoms with Gasteiger partial charge in [-0.3, -0.25) is 4.98 Å². The third kappa shape index (κ3) is 4.65. The molecule has 110 valence electrons. The first-order valence-electron chi connectivity index (χ1n) is 7.12. The van der Waals surface area contributed by atoms with Crippen molar-refractivity contribution in [2.24, 2.45) is 0 Å². The van der Waals surface area contributed by atoms with Crippen LogP contribution in [-0.4, -0.2) is 26.6 Å². The van der Waals surface area contributed by atoms with Crippen LogP contribution in [0.15, 0.2) is 30.7 Å². The number of hydrogen-bond donors (Lipinski definition) is 2. The molecule has 0 atom stereocenters. The molecule has 2 N–H and O–H groups in total. The molecule has 2 rings (SSSR count). The number of anilines is 1. The molecule has 5 heteroatoms. The van der Waals surface area contributed by atoms with Crippen LogP contribution in [0, 0.1) is 0 Å². The standard InChI is InChI=1S/C16H20N4O/c1-2-3-8-18-16-15(12-21)20-14(11-19-16)5-4-13-6-9-17-10-7-13/h4-7,9-11,21H,2-3,8,12H2,1H3,(H,18,19)/b5-4-. The van der Waals surface area contributed by atoms with Gasteiger partial charge in [0.2, 0.25) is 0 Å². The summed E-state index contributed by atoms with van der Waals surface area (Å²) < 4.78 is 0. The van der Waals surface area contributed by atoms with Crippen LogP contribution in [0.1, 0.15) is 36.7 Å². The van der Waals surface area contributed by atoms with Crippen molar-refractivity contribution in [3.8, 4) is 0 Å². The fraction of sp³-hybridized carbons (Fsp3) is 0.312. The maximum Gasteiger partial charge on any atom is 0.150 e. The maximum absolute atomic E-state index is 9.41. The summed E-state index contributed by atoms with van der Waals surface area (Å²) >= 11 is 0. The summed E-state index contributed by atoms with van der Waals surface area (Å²) in [5.74, 6) is 0.659. The van der Waals surface area contributed by atoms with Crippen molar-refractivity contribution < 1.29 is 5.11 Å². The Morgan fingerprint density at radius 3 is 2.76 bits per heavy atom. The summed E-state index contributed by atoms with van der Waals surface area (Å²) in [5, 5.41) is 12.6. The Kier molecular flexibility index (Phi) is 5.84. The van der Waals surface area contributed by atoms with Crippen molar-refractivity contribution in [3.05, 3.63) is 47.7 Å². The number of aliphatic hydroxyl groups is 1. The predicted octanol–water partition coefficient (Wildman–Crippen LogP) is 2.75. The summed E-state index contributed by atoms with van der Waals surface area (Å²) in [7, 11) is 0. The van der Waals surface area contributed by atoms with Gasteiger partial charge >= 0.3 is 0 Å². The summed E-state index contributed by atoms with van der Waals surface area (Å²) in [6.07, 6.45) is 11.2. The summed E-state index contributed by atoms with van der Waals surface area (Å²) in [5.41, 5.74) is 2.34. The molecule has 0 bridgehead atoms. The lowest BCUT2D eigenvalue weighted by Gasteiger charge is -2.08. The van der Waals surface area contributed by atoms with E-state index < -0.39 is 0 Å². The molecule has 0 aliphatic carbocycles. The van der Waals surface area contributed by atoms with Crippen LogP contribution in [0.3, 0.4) is 0 Å². The van der Waals surface area contributed by atoms with E-state index in [-0.39, 0.29) is 6.61 Å². The molecule has 0 spiro atoms. The van der Waals surface area contributed by atoms with Crippen molar-refractivity contribution in [1.82, 2.24) is 15.0 Å². The zero-order valence-corrected chi connectivity index (χ0v) is 12.2. The van der Waals surface area contributed by atoms with E-state index in [0.29, 0.717) is 11.5 Å². The van der Waals surface area contributed by atoms with Crippen LogP contribution < -0.4 is 5.32 Å². The highest BCUT2D eigenvalue weighted by Gasteiger charge is 2.05. The molecule has 0 aliphatic heterocycles. The first-order chi connectivity index (χ1) is 10.3. The summed E-state index contributed by atoms with van der Waals surface area (Å²) in [4.78, 5) is 12.7. The molecule has 21 heavy (non-hydrogen) atoms. The van der Waals surface area contributed by atoms with Gasteiger partial charge < -0.3 is 10.4 Å². The predicted molar refractivity (Wildman–Crippen MR) is 84.5 cm³/mol. The van der Waals surface area contributed by atoms with Gasteiger partial charge in [-0.1, -0.05) is 19.4 Å². The maximum atomic E-state index is 9.41. The van der Waals surface area contributed by atoms with Gasteiger partial charge in [0.25, 0.3) is 0 Å². The lowest BCUT2D eigenvalue weighted by atomic mass is 10.2. The minimum Gasteiger partial charge on any atom is -0.390 e. The number of nitrogens with one attached hydrogen (secondary N) is 1. The quantitative estimate of drug-likeness (QED) is 0.765. The molecular weight excluding hydrogens is 264 g/mol. The Morgan fingerprint density at radius 2 is 2.05 bits per heavy atom. The fourth-order valence-electron chi connectivity index (χ4n) is 1.82. The Morgan fingerprint density at radius 1 is 1.24 bits per heavy atom. The highest BCUT2D eigenvalue weighted by Crippen LogP contribution is 2.12. The van der Waals surface area contributed by atoms with E-state index >= 15 is 0 Å². The normalized spacial score (nSPS) is 11.0. The van der Waals surface area contributed by atoms with Gasteiger partial charge in [0.1, 0.15) is 11.5 Å². The number of aliphatic hydroxyl groups excluding tert-OH is 1. The number of pyridine rings is 1. The molecular formula is C16H20N4O. The average Bonchev–Trinajstić information content (AvgIpc) is 2.55. The highest BCUT2D eigenvalue weighted by molar-refractivity contribution is 5.67. The van der Waals surface area contributed by atoms with Crippen molar-refractivity contribution in [2.45, 2.75) is 26.4 Å². The van der Waals surface area contributed by atoms with Gasteiger partial charge in [-0.05, 0) is 30.2 Å². The molecule has 0 unspecified atom stereocenters. The molecule has 0 saturated heterocycles. The first-order valence-corrected chi connectivity index (χ1v) is 7.12. The lowest BCUT2D eigenvalue weighted by molar-refractivity contribution is 0.277. The van der Waals surface area contributed by atoms with Crippen molar-refractivity contribution in [3.63, 3.8) is 0 Å². The minimum absolute atomic E-state index is 0.127. The van der Waals surface area contributed by atoms with Crippen LogP contribution in [-0.2, 0) is 6.61 Å². The van der Waals surface area contributed by atoms with Crippen LogP contribution in [0.5, 0.6) is 0 Å². The van der Waals surface area contributed by atoms with E-state index in [1.165, 1.54) is 0 Å². The second-order valence-corrected chi connectivity index (χ2v) is 4.64. The molecule has 2 heterocycles. The minimum atomic E-state index is -0.127. The average molecular weight is 284 g/mol. The monoisotopic (exact) mass is 284 g/mol. The number of unbranched alkanes of at least 4 members (excludes halogenated alkanes) is 1. The van der Waals surface area contributed by atoms with E-state index in [1.54, 1.807) is 18.6 Å². The van der Waals surface area contributed by atoms with Gasteiger partial charge in [-0.15, -0.1) is 0 Å². The van der Waals surface area contributed by atoms with Crippen LogP contribution in [0.25, 0.3) is 12.2 Å². The smallest absolute Gasteiger partial charge is 0.150 e. The molecule has 0 saturated carbocycles. The fourth-order valence-corrected chi connectivity index (χ4v) is 1.82. The van der Waals surface area contributed by atoms with Crippen LogP contribution >= 0.6 is 0 Å². The van der Waals surface area contributed by atoms with Gasteiger partial charge in [0.15, 0.2) is 0 Å². The van der Waals surface area contributed by atoms with Gasteiger partial charge in [-0.2, -0.15) is 0 Å². The number of hydrogen-bond acceptors (Lipinski definition) is 5. The second kappa shape index (κ2) is 8.11. The molecule has 5 nitrogen and oxygen atoms in total. The largest absolute Gasteiger partial charge is 0.390 e. The number of nitrogens with zero attached hydrogens (tertiary/aromatic N) is 3. The molecule has 2 aromatic heterocycles. The Labute approximate surface area is 124 Å². The van der Waals surface area contributed by atoms with Crippen LogP contribution in [0.2, 0.25) is 0 Å². The Hall–Kier alpha value is -2.27. The van der Waals surface area contributed by atoms with E-state index in [1.807, 2.05) is 24.3 Å². The Bertz CT molecular complexity index is 584. The van der Waals surface area contributed by atoms with E-state index in [9.17, 15) is 5.11 Å². The van der Waals surface area contributed by atoms with E-state index in [0.717, 1.165) is 30.6 Å². The van der Waals surface area contributed by atoms with E-state index in [4.69, 9.17) is 0 Å². The molecule has 0 radical (unpaired) electrons. The summed E-state index contributed by atoms with van der Waals surface area (Å²) in [6.45, 7) is 2.84. The SMILES string of the molecule is CCCCNc1ncc(/C=C\c2ccncc2)nc1CO. The van der Waals surface area contributed by atoms with E-state index in [2.05, 4.69) is 27.2 Å². The van der Waals surface area contributed by atoms with Crippen LogP contribution in [0.4, 0.5) is 5.82 Å². The topological polar surface area (TPSA) is 70.9 Å². The third-order valence-corrected chi connectivity index (χ3v) is 2.99. The zero-order valence-electron chi connectivity index (χ0n) is 12.2. The second-order valence-electron chi connectivity index (χ2n) is 4.64. The number of aromatic nitrogens is 3. The van der Waals surface area contributed by atoms with Gasteiger partial charge in [0.05, 0.1) is 18.5 Å². The molecule has 0 aromatic carbocycles. The van der Waals surface area contributed by atoms with Crippen molar-refractivity contribution in [2.75, 3.05) is 11.9 Å². The molecule has 0 fully saturated rings. The molecule has 2 aromatic rings. The molecule has 0 aliphatic rings. The van der Waals surface area contributed by atoms with Gasteiger partial charge in [-0.25, -0.2) is 9.97 Å². The van der Waals surface area contributed by atoms with Crippen molar-refractivity contribution >= 4 is 18.0 Å². The highest BCUT2D eigenvalue weighted by atomic mass is 16.3. The third-order valence-electron chi connectivity index (χ3n) is 2.99. The number of rotatable bonds is 7. The molecule has 0 amide bonds. The first kappa shape index (κ1) is 15.1. The lowest BCUT2D eigenvalue weighted by Crippen LogP contribution is -2.08. The van der Waals surface area contributed by atoms with Crippen molar-refractivity contribution in [1.29, 1.82) is 0 Å².